The molecule has 0 saturated carbocycles. The summed E-state index contributed by atoms with van der Waals surface area (Å²) >= 11 is 0. The molecule has 2 rings (SSSR count). The van der Waals surface area contributed by atoms with E-state index in [0.717, 1.165) is 14.2 Å². The molecule has 0 radical (unpaired) electrons. The predicted molar refractivity (Wildman–Crippen MR) is 91.1 cm³/mol. The number of carbonyl (C=O) groups is 2. The molecular formula is C14H24N2O8S2. The van der Waals surface area contributed by atoms with Gasteiger partial charge in [0.2, 0.25) is 20.0 Å². The second kappa shape index (κ2) is 8.19. The SMILES string of the molecule is COC(=O)C1CCN(CCCCN2CCC(C(=O)OC)S2(=O)=O)S1(=O)=O. The number of methoxy groups -OCH3 is 2. The molecular weight excluding hydrogens is 388 g/mol. The van der Waals surface area contributed by atoms with E-state index in [2.05, 4.69) is 9.47 Å². The highest BCUT2D eigenvalue weighted by molar-refractivity contribution is 7.91. The Kier molecular flexibility index (Phi) is 6.64. The smallest absolute Gasteiger partial charge is 0.325 e. The van der Waals surface area contributed by atoms with Gasteiger partial charge in [0, 0.05) is 26.2 Å². The number of ether oxygens (including phenoxy) is 2. The number of nitrogens with zero attached hydrogens (tertiary/aromatic N) is 2. The van der Waals surface area contributed by atoms with Crippen molar-refractivity contribution in [3.63, 3.8) is 0 Å². The van der Waals surface area contributed by atoms with Crippen molar-refractivity contribution in [1.82, 2.24) is 8.61 Å². The van der Waals surface area contributed by atoms with Crippen LogP contribution in [0.4, 0.5) is 0 Å². The normalized spacial score (nSPS) is 28.1. The van der Waals surface area contributed by atoms with Crippen molar-refractivity contribution in [2.45, 2.75) is 36.2 Å². The number of unbranched alkanes of at least 4 members (excludes halogenated alkanes) is 1. The fraction of sp³-hybridized carbons (Fsp3) is 0.857. The number of hydrogen-bond acceptors (Lipinski definition) is 8. The zero-order valence-electron chi connectivity index (χ0n) is 14.8. The van der Waals surface area contributed by atoms with Crippen LogP contribution < -0.4 is 0 Å². The van der Waals surface area contributed by atoms with Crippen molar-refractivity contribution in [3.05, 3.63) is 0 Å². The lowest BCUT2D eigenvalue weighted by Crippen LogP contribution is -2.36. The highest BCUT2D eigenvalue weighted by Gasteiger charge is 2.45. The highest BCUT2D eigenvalue weighted by atomic mass is 32.2. The zero-order chi connectivity index (χ0) is 19.5. The molecule has 2 atom stereocenters. The molecule has 10 nitrogen and oxygen atoms in total. The Bertz CT molecular complexity index is 685. The summed E-state index contributed by atoms with van der Waals surface area (Å²) in [4.78, 5) is 23.0. The Morgan fingerprint density at radius 1 is 0.808 bits per heavy atom. The van der Waals surface area contributed by atoms with Crippen LogP contribution in [0.15, 0.2) is 0 Å². The fourth-order valence-electron chi connectivity index (χ4n) is 3.23. The fourth-order valence-corrected chi connectivity index (χ4v) is 6.92. The molecule has 2 aliphatic rings. The first-order valence-electron chi connectivity index (χ1n) is 8.29. The highest BCUT2D eigenvalue weighted by Crippen LogP contribution is 2.25. The van der Waals surface area contributed by atoms with E-state index < -0.39 is 42.5 Å². The molecule has 2 heterocycles. The van der Waals surface area contributed by atoms with Gasteiger partial charge in [0.25, 0.3) is 0 Å². The lowest BCUT2D eigenvalue weighted by Gasteiger charge is -2.18. The van der Waals surface area contributed by atoms with Crippen LogP contribution in [0.25, 0.3) is 0 Å². The van der Waals surface area contributed by atoms with E-state index in [1.807, 2.05) is 0 Å². The van der Waals surface area contributed by atoms with Crippen LogP contribution in [-0.4, -0.2) is 88.3 Å². The van der Waals surface area contributed by atoms with Crippen molar-refractivity contribution in [2.24, 2.45) is 0 Å². The third-order valence-electron chi connectivity index (χ3n) is 4.71. The van der Waals surface area contributed by atoms with Crippen molar-refractivity contribution >= 4 is 32.0 Å². The molecule has 0 amide bonds. The van der Waals surface area contributed by atoms with Crippen molar-refractivity contribution in [1.29, 1.82) is 0 Å². The molecule has 26 heavy (non-hydrogen) atoms. The monoisotopic (exact) mass is 412 g/mol. The van der Waals surface area contributed by atoms with Crippen molar-refractivity contribution < 1.29 is 35.9 Å². The average molecular weight is 412 g/mol. The lowest BCUT2D eigenvalue weighted by molar-refractivity contribution is -0.140. The molecule has 2 saturated heterocycles. The Labute approximate surface area is 153 Å². The van der Waals surface area contributed by atoms with Gasteiger partial charge in [-0.3, -0.25) is 9.59 Å². The Morgan fingerprint density at radius 3 is 1.46 bits per heavy atom. The summed E-state index contributed by atoms with van der Waals surface area (Å²) in [5.74, 6) is -1.52. The van der Waals surface area contributed by atoms with E-state index in [1.165, 1.54) is 8.61 Å². The molecule has 150 valence electrons. The maximum atomic E-state index is 12.3. The van der Waals surface area contributed by atoms with Crippen LogP contribution in [-0.2, 0) is 39.1 Å². The Morgan fingerprint density at radius 2 is 1.15 bits per heavy atom. The van der Waals surface area contributed by atoms with Crippen LogP contribution in [0.5, 0.6) is 0 Å². The third-order valence-corrected chi connectivity index (χ3v) is 9.18. The summed E-state index contributed by atoms with van der Waals surface area (Å²) < 4.78 is 60.6. The first kappa shape index (κ1) is 21.1. The van der Waals surface area contributed by atoms with Gasteiger partial charge in [-0.05, 0) is 25.7 Å². The van der Waals surface area contributed by atoms with E-state index >= 15 is 0 Å². The minimum atomic E-state index is -3.72. The Hall–Kier alpha value is -1.24. The first-order chi connectivity index (χ1) is 12.2. The van der Waals surface area contributed by atoms with Gasteiger partial charge in [-0.1, -0.05) is 0 Å². The third kappa shape index (κ3) is 4.02. The van der Waals surface area contributed by atoms with Gasteiger partial charge in [0.1, 0.15) is 0 Å². The van der Waals surface area contributed by atoms with E-state index in [0.29, 0.717) is 12.8 Å². The molecule has 0 bridgehead atoms. The van der Waals surface area contributed by atoms with E-state index in [9.17, 15) is 26.4 Å². The minimum Gasteiger partial charge on any atom is -0.468 e. The number of rotatable bonds is 7. The maximum absolute atomic E-state index is 12.3. The molecule has 0 aromatic heterocycles. The van der Waals surface area contributed by atoms with E-state index in [-0.39, 0.29) is 39.0 Å². The van der Waals surface area contributed by atoms with Crippen molar-refractivity contribution in [2.75, 3.05) is 40.4 Å². The summed E-state index contributed by atoms with van der Waals surface area (Å²) in [5.41, 5.74) is 0. The maximum Gasteiger partial charge on any atom is 0.325 e. The molecule has 12 heteroatoms. The molecule has 2 fully saturated rings. The van der Waals surface area contributed by atoms with Crippen LogP contribution in [0, 0.1) is 0 Å². The molecule has 0 N–H and O–H groups in total. The molecule has 0 aliphatic carbocycles. The quantitative estimate of drug-likeness (QED) is 0.382. The van der Waals surface area contributed by atoms with Gasteiger partial charge in [0.15, 0.2) is 10.5 Å². The first-order valence-corrected chi connectivity index (χ1v) is 11.3. The van der Waals surface area contributed by atoms with Gasteiger partial charge in [-0.15, -0.1) is 0 Å². The molecule has 2 aliphatic heterocycles. The summed E-state index contributed by atoms with van der Waals surface area (Å²) in [6, 6.07) is 0. The number of hydrogen-bond donors (Lipinski definition) is 0. The number of esters is 2. The average Bonchev–Trinajstić information content (AvgIpc) is 3.05. The second-order valence-corrected chi connectivity index (χ2v) is 10.4. The van der Waals surface area contributed by atoms with Gasteiger partial charge >= 0.3 is 11.9 Å². The molecule has 0 aromatic rings. The second-order valence-electron chi connectivity index (χ2n) is 6.20. The summed E-state index contributed by atoms with van der Waals surface area (Å²) in [6.07, 6.45) is 1.27. The molecule has 0 spiro atoms. The van der Waals surface area contributed by atoms with Gasteiger partial charge in [-0.2, -0.15) is 0 Å². The number of sulfonamides is 2. The zero-order valence-corrected chi connectivity index (χ0v) is 16.4. The predicted octanol–water partition coefficient (Wildman–Crippen LogP) is -1.08. The topological polar surface area (TPSA) is 127 Å². The van der Waals surface area contributed by atoms with Crippen LogP contribution in [0.1, 0.15) is 25.7 Å². The Balaban J connectivity index is 1.83. The van der Waals surface area contributed by atoms with Crippen LogP contribution in [0.2, 0.25) is 0 Å². The van der Waals surface area contributed by atoms with Gasteiger partial charge < -0.3 is 9.47 Å². The van der Waals surface area contributed by atoms with Gasteiger partial charge in [-0.25, -0.2) is 25.4 Å². The van der Waals surface area contributed by atoms with Crippen LogP contribution in [0.3, 0.4) is 0 Å². The number of carbonyl (C=O) groups excluding carboxylic acids is 2. The van der Waals surface area contributed by atoms with Gasteiger partial charge in [0.05, 0.1) is 14.2 Å². The largest absolute Gasteiger partial charge is 0.468 e. The summed E-state index contributed by atoms with van der Waals surface area (Å²) in [6.45, 7) is 0.914. The minimum absolute atomic E-state index is 0.191. The molecule has 0 aromatic carbocycles. The standard InChI is InChI=1S/C14H24N2O8S2/c1-23-13(17)11-5-9-15(25(11,19)20)7-3-4-8-16-10-6-12(14(18)24-2)26(16,21)22/h11-12H,3-10H2,1-2H3. The summed E-state index contributed by atoms with van der Waals surface area (Å²) in [7, 11) is -5.14. The molecule has 2 unspecified atom stereocenters. The van der Waals surface area contributed by atoms with E-state index in [4.69, 9.17) is 0 Å². The lowest BCUT2D eigenvalue weighted by atomic mass is 10.2. The van der Waals surface area contributed by atoms with Crippen LogP contribution >= 0.6 is 0 Å². The summed E-state index contributed by atoms with van der Waals surface area (Å²) in [5, 5.41) is -2.32. The van der Waals surface area contributed by atoms with Crippen molar-refractivity contribution in [3.8, 4) is 0 Å². The van der Waals surface area contributed by atoms with E-state index in [1.54, 1.807) is 0 Å².